The van der Waals surface area contributed by atoms with Gasteiger partial charge in [0.25, 0.3) is 0 Å². The van der Waals surface area contributed by atoms with Gasteiger partial charge in [0.15, 0.2) is 4.34 Å². The van der Waals surface area contributed by atoms with E-state index in [1.54, 1.807) is 0 Å². The fourth-order valence-corrected chi connectivity index (χ4v) is 3.24. The summed E-state index contributed by atoms with van der Waals surface area (Å²) in [5, 5.41) is 2.66. The highest BCUT2D eigenvalue weighted by atomic mass is 32.2. The number of anilines is 2. The minimum atomic E-state index is -0.427. The molecule has 1 heterocycles. The van der Waals surface area contributed by atoms with Gasteiger partial charge in [0.2, 0.25) is 5.91 Å². The molecular weight excluding hydrogens is 311 g/mol. The number of amides is 1. The van der Waals surface area contributed by atoms with Crippen LogP contribution in [0.4, 0.5) is 15.8 Å². The molecule has 0 aliphatic rings. The quantitative estimate of drug-likeness (QED) is 0.630. The number of halogens is 1. The van der Waals surface area contributed by atoms with Crippen LogP contribution in [-0.2, 0) is 11.2 Å². The highest BCUT2D eigenvalue weighted by Gasteiger charge is 2.08. The first-order chi connectivity index (χ1) is 10.1. The number of aryl methyl sites for hydroxylation is 1. The predicted molar refractivity (Wildman–Crippen MR) is 84.1 cm³/mol. The number of aromatic nitrogens is 2. The number of nitrogen functional groups attached to an aromatic ring is 1. The molecule has 0 bridgehead atoms. The summed E-state index contributed by atoms with van der Waals surface area (Å²) in [6.07, 6.45) is 1.13. The lowest BCUT2D eigenvalue weighted by Crippen LogP contribution is -2.13. The summed E-state index contributed by atoms with van der Waals surface area (Å²) >= 11 is 2.84. The molecule has 0 fully saturated rings. The molecular formula is C13H15FN4OS2. The van der Waals surface area contributed by atoms with Crippen molar-refractivity contribution in [2.45, 2.75) is 24.1 Å². The average Bonchev–Trinajstić information content (AvgIpc) is 2.90. The van der Waals surface area contributed by atoms with Crippen LogP contribution in [0.2, 0.25) is 0 Å². The van der Waals surface area contributed by atoms with E-state index in [1.807, 2.05) is 6.92 Å². The van der Waals surface area contributed by atoms with Crippen LogP contribution in [0.1, 0.15) is 19.2 Å². The summed E-state index contributed by atoms with van der Waals surface area (Å²) in [6.45, 7) is 2.00. The maximum absolute atomic E-state index is 12.9. The topological polar surface area (TPSA) is 80.9 Å². The normalized spacial score (nSPS) is 10.6. The number of hydrogen-bond acceptors (Lipinski definition) is 6. The summed E-state index contributed by atoms with van der Waals surface area (Å²) in [6, 6.07) is 3.89. The summed E-state index contributed by atoms with van der Waals surface area (Å²) < 4.78 is 17.9. The third-order valence-electron chi connectivity index (χ3n) is 2.61. The number of carbonyl (C=O) groups excluding carboxylic acids is 1. The molecule has 21 heavy (non-hydrogen) atoms. The number of nitrogens with zero attached hydrogens (tertiary/aromatic N) is 2. The molecule has 112 valence electrons. The van der Waals surface area contributed by atoms with Crippen LogP contribution >= 0.6 is 23.3 Å². The van der Waals surface area contributed by atoms with E-state index in [9.17, 15) is 9.18 Å². The SMILES string of the molecule is CCc1nsc(SCCC(=O)Nc2ccc(F)cc2N)n1. The van der Waals surface area contributed by atoms with Crippen molar-refractivity contribution >= 4 is 40.6 Å². The number of rotatable bonds is 6. The van der Waals surface area contributed by atoms with E-state index in [-0.39, 0.29) is 11.6 Å². The van der Waals surface area contributed by atoms with Gasteiger partial charge in [-0.15, -0.1) is 0 Å². The number of thioether (sulfide) groups is 1. The lowest BCUT2D eigenvalue weighted by Gasteiger charge is -2.07. The molecule has 0 radical (unpaired) electrons. The van der Waals surface area contributed by atoms with Gasteiger partial charge in [-0.25, -0.2) is 9.37 Å². The summed E-state index contributed by atoms with van der Waals surface area (Å²) in [5.41, 5.74) is 6.27. The largest absolute Gasteiger partial charge is 0.397 e. The predicted octanol–water partition coefficient (Wildman–Crippen LogP) is 2.94. The molecule has 1 aromatic carbocycles. The van der Waals surface area contributed by atoms with E-state index in [2.05, 4.69) is 14.7 Å². The molecule has 8 heteroatoms. The molecule has 0 atom stereocenters. The number of nitrogens with two attached hydrogens (primary N) is 1. The average molecular weight is 326 g/mol. The number of hydrogen-bond donors (Lipinski definition) is 2. The Hall–Kier alpha value is -1.67. The zero-order valence-electron chi connectivity index (χ0n) is 11.4. The lowest BCUT2D eigenvalue weighted by molar-refractivity contribution is -0.115. The van der Waals surface area contributed by atoms with Crippen LogP contribution in [0.5, 0.6) is 0 Å². The van der Waals surface area contributed by atoms with Crippen molar-refractivity contribution in [3.05, 3.63) is 29.8 Å². The van der Waals surface area contributed by atoms with E-state index in [1.165, 1.54) is 41.5 Å². The highest BCUT2D eigenvalue weighted by Crippen LogP contribution is 2.22. The molecule has 2 rings (SSSR count). The van der Waals surface area contributed by atoms with Gasteiger partial charge in [-0.3, -0.25) is 4.79 Å². The minimum absolute atomic E-state index is 0.166. The van der Waals surface area contributed by atoms with Crippen LogP contribution in [0.25, 0.3) is 0 Å². The molecule has 0 unspecified atom stereocenters. The Labute approximate surface area is 130 Å². The Balaban J connectivity index is 1.79. The standard InChI is InChI=1S/C13H15FN4OS2/c1-2-11-17-13(21-18-11)20-6-5-12(19)16-10-4-3-8(14)7-9(10)15/h3-4,7H,2,5-6,15H2,1H3,(H,16,19). The van der Waals surface area contributed by atoms with Crippen molar-refractivity contribution in [3.63, 3.8) is 0 Å². The zero-order valence-corrected chi connectivity index (χ0v) is 13.1. The number of benzene rings is 1. The Morgan fingerprint density at radius 1 is 1.52 bits per heavy atom. The Kier molecular flexibility index (Phi) is 5.51. The van der Waals surface area contributed by atoms with Crippen LogP contribution in [0.15, 0.2) is 22.5 Å². The Morgan fingerprint density at radius 3 is 3.00 bits per heavy atom. The van der Waals surface area contributed by atoms with Crippen LogP contribution in [-0.4, -0.2) is 21.0 Å². The molecule has 3 N–H and O–H groups in total. The van der Waals surface area contributed by atoms with Gasteiger partial charge < -0.3 is 11.1 Å². The van der Waals surface area contributed by atoms with Crippen LogP contribution in [0, 0.1) is 5.82 Å². The van der Waals surface area contributed by atoms with E-state index < -0.39 is 5.82 Å². The molecule has 2 aromatic rings. The summed E-state index contributed by atoms with van der Waals surface area (Å²) in [4.78, 5) is 16.1. The first kappa shape index (κ1) is 15.7. The maximum atomic E-state index is 12.9. The second-order valence-corrected chi connectivity index (χ2v) is 6.30. The van der Waals surface area contributed by atoms with Crippen molar-refractivity contribution in [1.29, 1.82) is 0 Å². The molecule has 0 aliphatic heterocycles. The Bertz CT molecular complexity index is 632. The molecule has 1 amide bonds. The van der Waals surface area contributed by atoms with Crippen molar-refractivity contribution in [2.24, 2.45) is 0 Å². The second kappa shape index (κ2) is 7.37. The maximum Gasteiger partial charge on any atom is 0.225 e. The molecule has 0 aliphatic carbocycles. The molecule has 0 saturated carbocycles. The number of nitrogens with one attached hydrogen (secondary N) is 1. The summed E-state index contributed by atoms with van der Waals surface area (Å²) in [5.74, 6) is 0.835. The van der Waals surface area contributed by atoms with E-state index >= 15 is 0 Å². The van der Waals surface area contributed by atoms with E-state index in [0.29, 0.717) is 17.9 Å². The zero-order chi connectivity index (χ0) is 15.2. The third-order valence-corrected chi connectivity index (χ3v) is 4.48. The van der Waals surface area contributed by atoms with E-state index in [0.717, 1.165) is 16.6 Å². The molecule has 0 spiro atoms. The van der Waals surface area contributed by atoms with E-state index in [4.69, 9.17) is 5.73 Å². The van der Waals surface area contributed by atoms with Gasteiger partial charge in [-0.2, -0.15) is 4.37 Å². The number of carbonyl (C=O) groups is 1. The molecule has 0 saturated heterocycles. The van der Waals surface area contributed by atoms with Crippen molar-refractivity contribution in [1.82, 2.24) is 9.36 Å². The van der Waals surface area contributed by atoms with Gasteiger partial charge in [-0.05, 0) is 29.7 Å². The van der Waals surface area contributed by atoms with Crippen LogP contribution in [0.3, 0.4) is 0 Å². The van der Waals surface area contributed by atoms with Crippen LogP contribution < -0.4 is 11.1 Å². The first-order valence-electron chi connectivity index (χ1n) is 6.38. The van der Waals surface area contributed by atoms with Gasteiger partial charge in [0, 0.05) is 18.6 Å². The monoisotopic (exact) mass is 326 g/mol. The van der Waals surface area contributed by atoms with Crippen molar-refractivity contribution < 1.29 is 9.18 Å². The van der Waals surface area contributed by atoms with Gasteiger partial charge in [0.1, 0.15) is 11.6 Å². The van der Waals surface area contributed by atoms with Crippen molar-refractivity contribution in [3.8, 4) is 0 Å². The fourth-order valence-electron chi connectivity index (χ4n) is 1.53. The molecule has 5 nitrogen and oxygen atoms in total. The van der Waals surface area contributed by atoms with Gasteiger partial charge in [0.05, 0.1) is 11.4 Å². The highest BCUT2D eigenvalue weighted by molar-refractivity contribution is 8.00. The van der Waals surface area contributed by atoms with Crippen molar-refractivity contribution in [2.75, 3.05) is 16.8 Å². The van der Waals surface area contributed by atoms with Gasteiger partial charge >= 0.3 is 0 Å². The third kappa shape index (κ3) is 4.68. The lowest BCUT2D eigenvalue weighted by atomic mass is 10.2. The minimum Gasteiger partial charge on any atom is -0.397 e. The molecule has 1 aromatic heterocycles. The van der Waals surface area contributed by atoms with Gasteiger partial charge in [-0.1, -0.05) is 18.7 Å². The smallest absolute Gasteiger partial charge is 0.225 e. The Morgan fingerprint density at radius 2 is 2.33 bits per heavy atom. The summed E-state index contributed by atoms with van der Waals surface area (Å²) in [7, 11) is 0. The second-order valence-electron chi connectivity index (χ2n) is 4.21. The first-order valence-corrected chi connectivity index (χ1v) is 8.14. The fraction of sp³-hybridized carbons (Fsp3) is 0.308.